The number of rotatable bonds is 5. The van der Waals surface area contributed by atoms with Crippen LogP contribution in [-0.2, 0) is 5.54 Å². The second-order valence-corrected chi connectivity index (χ2v) is 9.37. The molecule has 0 aromatic carbocycles. The van der Waals surface area contributed by atoms with Gasteiger partial charge in [0.15, 0.2) is 5.65 Å². The van der Waals surface area contributed by atoms with Gasteiger partial charge in [-0.3, -0.25) is 4.79 Å². The third-order valence-electron chi connectivity index (χ3n) is 5.54. The SMILES string of the molecule is Cc1nn(C(C)(C)C)c2nc(C(C)C)cc(C(=O)NCCC3CCCNC3)c12.Cl.Cl. The largest absolute Gasteiger partial charge is 0.352 e. The Balaban J connectivity index is 0.00000225. The number of hydrogen-bond donors (Lipinski definition) is 2. The molecule has 0 radical (unpaired) electrons. The van der Waals surface area contributed by atoms with E-state index >= 15 is 0 Å². The first-order valence-corrected chi connectivity index (χ1v) is 10.6. The number of aromatic nitrogens is 3. The smallest absolute Gasteiger partial charge is 0.252 e. The van der Waals surface area contributed by atoms with Crippen molar-refractivity contribution in [2.24, 2.45) is 5.92 Å². The molecule has 1 amide bonds. The molecule has 30 heavy (non-hydrogen) atoms. The van der Waals surface area contributed by atoms with E-state index in [4.69, 9.17) is 10.1 Å². The van der Waals surface area contributed by atoms with Crippen molar-refractivity contribution in [1.82, 2.24) is 25.4 Å². The predicted octanol–water partition coefficient (Wildman–Crippen LogP) is 4.58. The van der Waals surface area contributed by atoms with E-state index in [1.807, 2.05) is 17.7 Å². The van der Waals surface area contributed by atoms with Crippen molar-refractivity contribution in [1.29, 1.82) is 0 Å². The molecule has 1 atom stereocenters. The molecular weight excluding hydrogens is 421 g/mol. The van der Waals surface area contributed by atoms with Crippen LogP contribution in [0, 0.1) is 12.8 Å². The van der Waals surface area contributed by atoms with E-state index in [0.717, 1.165) is 41.9 Å². The summed E-state index contributed by atoms with van der Waals surface area (Å²) >= 11 is 0. The van der Waals surface area contributed by atoms with Gasteiger partial charge in [0.1, 0.15) is 0 Å². The number of carbonyl (C=O) groups is 1. The van der Waals surface area contributed by atoms with Crippen molar-refractivity contribution >= 4 is 41.8 Å². The molecule has 0 saturated carbocycles. The summed E-state index contributed by atoms with van der Waals surface area (Å²) in [5, 5.41) is 12.2. The lowest BCUT2D eigenvalue weighted by Crippen LogP contribution is -2.33. The van der Waals surface area contributed by atoms with Gasteiger partial charge in [0.25, 0.3) is 5.91 Å². The molecule has 3 heterocycles. The third kappa shape index (κ3) is 5.86. The maximum absolute atomic E-state index is 13.1. The van der Waals surface area contributed by atoms with Crippen molar-refractivity contribution in [3.63, 3.8) is 0 Å². The Hall–Kier alpha value is -1.37. The number of halogens is 2. The van der Waals surface area contributed by atoms with Gasteiger partial charge < -0.3 is 10.6 Å². The molecule has 6 nitrogen and oxygen atoms in total. The van der Waals surface area contributed by atoms with Crippen LogP contribution in [-0.4, -0.2) is 40.3 Å². The van der Waals surface area contributed by atoms with Crippen LogP contribution in [0.4, 0.5) is 0 Å². The first kappa shape index (κ1) is 26.7. The molecule has 3 rings (SSSR count). The number of amides is 1. The number of hydrogen-bond acceptors (Lipinski definition) is 4. The van der Waals surface area contributed by atoms with Gasteiger partial charge in [0, 0.05) is 12.2 Å². The number of piperidine rings is 1. The third-order valence-corrected chi connectivity index (χ3v) is 5.54. The highest BCUT2D eigenvalue weighted by Crippen LogP contribution is 2.29. The molecular formula is C22H37Cl2N5O. The maximum Gasteiger partial charge on any atom is 0.252 e. The first-order valence-electron chi connectivity index (χ1n) is 10.6. The number of fused-ring (bicyclic) bond motifs is 1. The molecule has 2 aromatic rings. The average molecular weight is 458 g/mol. The van der Waals surface area contributed by atoms with E-state index in [1.54, 1.807) is 0 Å². The minimum Gasteiger partial charge on any atom is -0.352 e. The number of aryl methyl sites for hydroxylation is 1. The second-order valence-electron chi connectivity index (χ2n) is 9.37. The molecule has 0 aliphatic carbocycles. The summed E-state index contributed by atoms with van der Waals surface area (Å²) in [6.45, 7) is 15.4. The summed E-state index contributed by atoms with van der Waals surface area (Å²) in [6, 6.07) is 1.95. The number of nitrogens with one attached hydrogen (secondary N) is 2. The second kappa shape index (κ2) is 10.8. The lowest BCUT2D eigenvalue weighted by Gasteiger charge is -2.22. The van der Waals surface area contributed by atoms with E-state index in [1.165, 1.54) is 12.8 Å². The van der Waals surface area contributed by atoms with Crippen molar-refractivity contribution in [3.05, 3.63) is 23.0 Å². The summed E-state index contributed by atoms with van der Waals surface area (Å²) in [6.07, 6.45) is 3.49. The van der Waals surface area contributed by atoms with Crippen LogP contribution in [0.2, 0.25) is 0 Å². The molecule has 1 fully saturated rings. The maximum atomic E-state index is 13.1. The quantitative estimate of drug-likeness (QED) is 0.688. The summed E-state index contributed by atoms with van der Waals surface area (Å²) in [4.78, 5) is 18.0. The zero-order valence-corrected chi connectivity index (χ0v) is 20.7. The van der Waals surface area contributed by atoms with Crippen LogP contribution in [0.3, 0.4) is 0 Å². The van der Waals surface area contributed by atoms with Crippen LogP contribution in [0.1, 0.15) is 81.5 Å². The topological polar surface area (TPSA) is 71.8 Å². The Bertz CT molecular complexity index is 851. The molecule has 0 spiro atoms. The molecule has 1 unspecified atom stereocenters. The Morgan fingerprint density at radius 2 is 2.03 bits per heavy atom. The molecule has 1 aliphatic rings. The van der Waals surface area contributed by atoms with Gasteiger partial charge in [-0.15, -0.1) is 24.8 Å². The van der Waals surface area contributed by atoms with E-state index in [9.17, 15) is 4.79 Å². The highest BCUT2D eigenvalue weighted by Gasteiger charge is 2.25. The Kier molecular flexibility index (Phi) is 9.58. The van der Waals surface area contributed by atoms with Gasteiger partial charge >= 0.3 is 0 Å². The Morgan fingerprint density at radius 3 is 2.60 bits per heavy atom. The van der Waals surface area contributed by atoms with Gasteiger partial charge in [-0.25, -0.2) is 9.67 Å². The van der Waals surface area contributed by atoms with E-state index in [2.05, 4.69) is 45.3 Å². The highest BCUT2D eigenvalue weighted by atomic mass is 35.5. The van der Waals surface area contributed by atoms with Crippen molar-refractivity contribution in [2.45, 2.75) is 72.3 Å². The molecule has 2 N–H and O–H groups in total. The zero-order chi connectivity index (χ0) is 20.5. The minimum atomic E-state index is -0.198. The Labute approximate surface area is 192 Å². The first-order chi connectivity index (χ1) is 13.2. The molecule has 1 saturated heterocycles. The fourth-order valence-corrected chi connectivity index (χ4v) is 3.91. The predicted molar refractivity (Wildman–Crippen MR) is 128 cm³/mol. The van der Waals surface area contributed by atoms with Gasteiger partial charge in [-0.2, -0.15) is 5.10 Å². The summed E-state index contributed by atoms with van der Waals surface area (Å²) < 4.78 is 1.95. The van der Waals surface area contributed by atoms with E-state index < -0.39 is 0 Å². The highest BCUT2D eigenvalue weighted by molar-refractivity contribution is 6.06. The van der Waals surface area contributed by atoms with Crippen LogP contribution in [0.5, 0.6) is 0 Å². The summed E-state index contributed by atoms with van der Waals surface area (Å²) in [7, 11) is 0. The minimum absolute atomic E-state index is 0. The zero-order valence-electron chi connectivity index (χ0n) is 19.0. The van der Waals surface area contributed by atoms with Crippen LogP contribution in [0.15, 0.2) is 6.07 Å². The van der Waals surface area contributed by atoms with Crippen molar-refractivity contribution in [2.75, 3.05) is 19.6 Å². The van der Waals surface area contributed by atoms with E-state index in [0.29, 0.717) is 18.0 Å². The van der Waals surface area contributed by atoms with Crippen molar-refractivity contribution < 1.29 is 4.79 Å². The fourth-order valence-electron chi connectivity index (χ4n) is 3.91. The van der Waals surface area contributed by atoms with Crippen molar-refractivity contribution in [3.8, 4) is 0 Å². The van der Waals surface area contributed by atoms with Crippen LogP contribution < -0.4 is 10.6 Å². The average Bonchev–Trinajstić information content (AvgIpc) is 2.99. The lowest BCUT2D eigenvalue weighted by atomic mass is 9.96. The van der Waals surface area contributed by atoms with E-state index in [-0.39, 0.29) is 42.2 Å². The number of nitrogens with zero attached hydrogens (tertiary/aromatic N) is 3. The van der Waals surface area contributed by atoms with Crippen LogP contribution >= 0.6 is 24.8 Å². The van der Waals surface area contributed by atoms with Gasteiger partial charge in [-0.05, 0) is 77.9 Å². The van der Waals surface area contributed by atoms with Gasteiger partial charge in [0.05, 0.1) is 22.2 Å². The summed E-state index contributed by atoms with van der Waals surface area (Å²) in [5.41, 5.74) is 3.09. The molecule has 0 bridgehead atoms. The van der Waals surface area contributed by atoms with Gasteiger partial charge in [0.2, 0.25) is 0 Å². The number of pyridine rings is 1. The molecule has 1 aliphatic heterocycles. The molecule has 170 valence electrons. The monoisotopic (exact) mass is 457 g/mol. The Morgan fingerprint density at radius 1 is 1.33 bits per heavy atom. The normalized spacial score (nSPS) is 16.8. The fraction of sp³-hybridized carbons (Fsp3) is 0.682. The summed E-state index contributed by atoms with van der Waals surface area (Å²) in [5.74, 6) is 0.880. The van der Waals surface area contributed by atoms with Gasteiger partial charge in [-0.1, -0.05) is 13.8 Å². The molecule has 2 aromatic heterocycles. The number of carbonyl (C=O) groups excluding carboxylic acids is 1. The standard InChI is InChI=1S/C22H35N5O.2ClH/c1-14(2)18-12-17(21(28)24-11-9-16-8-7-10-23-13-16)19-15(3)26-27(20(19)25-18)22(4,5)6;;/h12,14,16,23H,7-11,13H2,1-6H3,(H,24,28);2*1H. The molecule has 8 heteroatoms. The lowest BCUT2D eigenvalue weighted by molar-refractivity contribution is 0.0952. The van der Waals surface area contributed by atoms with Crippen LogP contribution in [0.25, 0.3) is 11.0 Å².